The predicted molar refractivity (Wildman–Crippen MR) is 86.8 cm³/mol. The third-order valence-electron chi connectivity index (χ3n) is 4.70. The molecule has 0 radical (unpaired) electrons. The van der Waals surface area contributed by atoms with E-state index in [2.05, 4.69) is 26.0 Å². The summed E-state index contributed by atoms with van der Waals surface area (Å²) in [6, 6.07) is 5.20. The van der Waals surface area contributed by atoms with Crippen LogP contribution in [0, 0.1) is 6.92 Å². The normalized spacial score (nSPS) is 24.8. The molecule has 1 aliphatic carbocycles. The summed E-state index contributed by atoms with van der Waals surface area (Å²) in [5.41, 5.74) is 1.12. The first kappa shape index (κ1) is 15.5. The molecule has 2 fully saturated rings. The average molecular weight is 373 g/mol. The molecule has 1 saturated carbocycles. The molecule has 1 heterocycles. The molecule has 1 spiro atoms. The number of halogens is 1. The second-order valence-electron chi connectivity index (χ2n) is 6.28. The quantitative estimate of drug-likeness (QED) is 0.857. The number of sulfonamides is 1. The minimum atomic E-state index is -3.43. The number of piperidine rings is 1. The molecule has 1 aromatic rings. The van der Waals surface area contributed by atoms with Crippen molar-refractivity contribution in [3.63, 3.8) is 0 Å². The monoisotopic (exact) mass is 372 g/mol. The van der Waals surface area contributed by atoms with Crippen LogP contribution in [-0.2, 0) is 10.0 Å². The number of hydrogen-bond donors (Lipinski definition) is 2. The molecule has 0 aromatic heterocycles. The van der Waals surface area contributed by atoms with E-state index in [1.165, 1.54) is 19.3 Å². The van der Waals surface area contributed by atoms with Gasteiger partial charge in [-0.05, 0) is 69.3 Å². The lowest BCUT2D eigenvalue weighted by molar-refractivity contribution is 0.126. The van der Waals surface area contributed by atoms with Gasteiger partial charge in [-0.2, -0.15) is 0 Å². The van der Waals surface area contributed by atoms with Gasteiger partial charge in [0, 0.05) is 16.1 Å². The number of benzene rings is 1. The van der Waals surface area contributed by atoms with Gasteiger partial charge < -0.3 is 5.32 Å². The van der Waals surface area contributed by atoms with Crippen LogP contribution in [0.3, 0.4) is 0 Å². The fourth-order valence-corrected chi connectivity index (χ4v) is 4.92. The highest BCUT2D eigenvalue weighted by Gasteiger charge is 2.41. The Balaban J connectivity index is 1.74. The first-order valence-corrected chi connectivity index (χ1v) is 9.71. The molecule has 2 aliphatic rings. The molecular weight excluding hydrogens is 352 g/mol. The SMILES string of the molecule is Cc1cc(S(=O)(=O)NC2CCNC3(CCC3)C2)ccc1Br. The van der Waals surface area contributed by atoms with Gasteiger partial charge in [0.05, 0.1) is 4.90 Å². The van der Waals surface area contributed by atoms with Crippen LogP contribution in [0.15, 0.2) is 27.6 Å². The first-order valence-electron chi connectivity index (χ1n) is 7.44. The fourth-order valence-electron chi connectivity index (χ4n) is 3.31. The van der Waals surface area contributed by atoms with Crippen LogP contribution < -0.4 is 10.0 Å². The second kappa shape index (κ2) is 5.65. The Labute approximate surface area is 134 Å². The smallest absolute Gasteiger partial charge is 0.240 e. The van der Waals surface area contributed by atoms with Crippen LogP contribution in [-0.4, -0.2) is 26.5 Å². The Bertz CT molecular complexity index is 641. The van der Waals surface area contributed by atoms with Gasteiger partial charge in [0.2, 0.25) is 10.0 Å². The summed E-state index contributed by atoms with van der Waals surface area (Å²) < 4.78 is 28.9. The van der Waals surface area contributed by atoms with Gasteiger partial charge in [-0.1, -0.05) is 15.9 Å². The Kier molecular flexibility index (Phi) is 4.16. The predicted octanol–water partition coefficient (Wildman–Crippen LogP) is 2.71. The van der Waals surface area contributed by atoms with Crippen molar-refractivity contribution in [2.75, 3.05) is 6.54 Å². The van der Waals surface area contributed by atoms with Gasteiger partial charge in [0.15, 0.2) is 0 Å². The topological polar surface area (TPSA) is 58.2 Å². The van der Waals surface area contributed by atoms with Gasteiger partial charge in [-0.3, -0.25) is 0 Å². The third kappa shape index (κ3) is 3.18. The fraction of sp³-hybridized carbons (Fsp3) is 0.600. The van der Waals surface area contributed by atoms with Gasteiger partial charge >= 0.3 is 0 Å². The summed E-state index contributed by atoms with van der Waals surface area (Å²) in [6.07, 6.45) is 5.35. The van der Waals surface area contributed by atoms with Crippen molar-refractivity contribution in [2.45, 2.75) is 55.5 Å². The van der Waals surface area contributed by atoms with Crippen molar-refractivity contribution >= 4 is 26.0 Å². The highest BCUT2D eigenvalue weighted by molar-refractivity contribution is 9.10. The summed E-state index contributed by atoms with van der Waals surface area (Å²) in [6.45, 7) is 2.80. The zero-order chi connectivity index (χ0) is 15.1. The van der Waals surface area contributed by atoms with Gasteiger partial charge in [-0.15, -0.1) is 0 Å². The van der Waals surface area contributed by atoms with Crippen LogP contribution in [0.4, 0.5) is 0 Å². The molecule has 0 amide bonds. The number of hydrogen-bond acceptors (Lipinski definition) is 3. The van der Waals surface area contributed by atoms with Crippen LogP contribution >= 0.6 is 15.9 Å². The average Bonchev–Trinajstić information content (AvgIpc) is 2.40. The third-order valence-corrected chi connectivity index (χ3v) is 7.11. The van der Waals surface area contributed by atoms with Crippen molar-refractivity contribution in [3.8, 4) is 0 Å². The Hall–Kier alpha value is -0.430. The molecule has 6 heteroatoms. The minimum Gasteiger partial charge on any atom is -0.311 e. The lowest BCUT2D eigenvalue weighted by Crippen LogP contribution is -2.59. The zero-order valence-electron chi connectivity index (χ0n) is 12.2. The zero-order valence-corrected chi connectivity index (χ0v) is 14.6. The van der Waals surface area contributed by atoms with E-state index < -0.39 is 10.0 Å². The molecule has 21 heavy (non-hydrogen) atoms. The molecule has 116 valence electrons. The van der Waals surface area contributed by atoms with Crippen LogP contribution in [0.25, 0.3) is 0 Å². The standard InChI is InChI=1S/C15H21BrN2O2S/c1-11-9-13(3-4-14(11)16)21(19,20)18-12-5-8-17-15(10-12)6-2-7-15/h3-4,9,12,17-18H,2,5-8,10H2,1H3. The van der Waals surface area contributed by atoms with Gasteiger partial charge in [0.25, 0.3) is 0 Å². The van der Waals surface area contributed by atoms with Crippen LogP contribution in [0.2, 0.25) is 0 Å². The molecule has 0 bridgehead atoms. The minimum absolute atomic E-state index is 0.0421. The van der Waals surface area contributed by atoms with E-state index in [0.29, 0.717) is 4.90 Å². The van der Waals surface area contributed by atoms with E-state index >= 15 is 0 Å². The second-order valence-corrected chi connectivity index (χ2v) is 8.85. The summed E-state index contributed by atoms with van der Waals surface area (Å²) in [4.78, 5) is 0.351. The Morgan fingerprint density at radius 3 is 2.76 bits per heavy atom. The molecule has 3 rings (SSSR count). The molecule has 1 aromatic carbocycles. The van der Waals surface area contributed by atoms with E-state index in [9.17, 15) is 8.42 Å². The highest BCUT2D eigenvalue weighted by Crippen LogP contribution is 2.38. The largest absolute Gasteiger partial charge is 0.311 e. The summed E-state index contributed by atoms with van der Waals surface area (Å²) in [7, 11) is -3.43. The lowest BCUT2D eigenvalue weighted by Gasteiger charge is -2.48. The molecule has 1 saturated heterocycles. The first-order chi connectivity index (χ1) is 9.90. The number of nitrogens with one attached hydrogen (secondary N) is 2. The summed E-state index contributed by atoms with van der Waals surface area (Å²) in [5.74, 6) is 0. The van der Waals surface area contributed by atoms with E-state index in [-0.39, 0.29) is 11.6 Å². The lowest BCUT2D eigenvalue weighted by atomic mass is 9.70. The molecule has 4 nitrogen and oxygen atoms in total. The van der Waals surface area contributed by atoms with Crippen LogP contribution in [0.5, 0.6) is 0 Å². The molecule has 1 atom stereocenters. The van der Waals surface area contributed by atoms with Crippen molar-refractivity contribution in [2.24, 2.45) is 0 Å². The maximum absolute atomic E-state index is 12.5. The van der Waals surface area contributed by atoms with E-state index in [4.69, 9.17) is 0 Å². The maximum Gasteiger partial charge on any atom is 0.240 e. The molecular formula is C15H21BrN2O2S. The Morgan fingerprint density at radius 2 is 2.14 bits per heavy atom. The van der Waals surface area contributed by atoms with E-state index in [0.717, 1.165) is 29.4 Å². The van der Waals surface area contributed by atoms with Crippen molar-refractivity contribution in [3.05, 3.63) is 28.2 Å². The highest BCUT2D eigenvalue weighted by atomic mass is 79.9. The number of rotatable bonds is 3. The summed E-state index contributed by atoms with van der Waals surface area (Å²) in [5, 5.41) is 3.56. The molecule has 1 unspecified atom stereocenters. The molecule has 1 aliphatic heterocycles. The van der Waals surface area contributed by atoms with E-state index in [1.54, 1.807) is 18.2 Å². The van der Waals surface area contributed by atoms with Crippen molar-refractivity contribution in [1.29, 1.82) is 0 Å². The summed E-state index contributed by atoms with van der Waals surface area (Å²) >= 11 is 3.40. The molecule has 2 N–H and O–H groups in total. The van der Waals surface area contributed by atoms with Gasteiger partial charge in [0.1, 0.15) is 0 Å². The van der Waals surface area contributed by atoms with Crippen molar-refractivity contribution < 1.29 is 8.42 Å². The van der Waals surface area contributed by atoms with Crippen LogP contribution in [0.1, 0.15) is 37.7 Å². The van der Waals surface area contributed by atoms with Gasteiger partial charge in [-0.25, -0.2) is 13.1 Å². The number of aryl methyl sites for hydroxylation is 1. The van der Waals surface area contributed by atoms with E-state index in [1.807, 2.05) is 6.92 Å². The Morgan fingerprint density at radius 1 is 1.38 bits per heavy atom. The maximum atomic E-state index is 12.5. The van der Waals surface area contributed by atoms with Crippen molar-refractivity contribution in [1.82, 2.24) is 10.0 Å².